The molecule has 0 aromatic rings. The van der Waals surface area contributed by atoms with Gasteiger partial charge in [-0.1, -0.05) is 0 Å². The third-order valence-electron chi connectivity index (χ3n) is 3.62. The molecule has 2 rings (SSSR count). The van der Waals surface area contributed by atoms with Gasteiger partial charge in [-0.25, -0.2) is 0 Å². The van der Waals surface area contributed by atoms with Gasteiger partial charge in [0.2, 0.25) is 0 Å². The first-order valence-corrected chi connectivity index (χ1v) is 6.14. The van der Waals surface area contributed by atoms with Crippen LogP contribution in [0.1, 0.15) is 27.2 Å². The molecule has 1 saturated carbocycles. The zero-order valence-corrected chi connectivity index (χ0v) is 11.4. The summed E-state index contributed by atoms with van der Waals surface area (Å²) in [6.07, 6.45) is -0.00410. The average Bonchev–Trinajstić information content (AvgIpc) is 2.90. The van der Waals surface area contributed by atoms with Crippen LogP contribution in [0.4, 0.5) is 0 Å². The van der Waals surface area contributed by atoms with E-state index < -0.39 is 11.2 Å². The molecule has 7 heteroatoms. The predicted molar refractivity (Wildman–Crippen MR) is 70.0 cm³/mol. The minimum atomic E-state index is -0.984. The number of Topliss-reactive ketones (excluding diaryl/α,β-unsaturated/α-hetero) is 1. The van der Waals surface area contributed by atoms with Crippen molar-refractivity contribution < 1.29 is 14.6 Å². The predicted octanol–water partition coefficient (Wildman–Crippen LogP) is -0.307. The molecule has 3 atom stereocenters. The minimum Gasteiger partial charge on any atom is -0.390 e. The Hall–Kier alpha value is -1.05. The molecule has 1 aliphatic carbocycles. The number of carbonyl (C=O) groups excluding carboxylic acids is 1. The lowest BCUT2D eigenvalue weighted by atomic mass is 9.88. The van der Waals surface area contributed by atoms with Crippen LogP contribution in [-0.2, 0) is 9.53 Å². The highest BCUT2D eigenvalue weighted by molar-refractivity contribution is 7.80. The molecule has 2 fully saturated rings. The molecule has 3 unspecified atom stereocenters. The van der Waals surface area contributed by atoms with Crippen molar-refractivity contribution in [2.24, 2.45) is 16.8 Å². The van der Waals surface area contributed by atoms with Crippen LogP contribution in [0.15, 0.2) is 5.10 Å². The highest BCUT2D eigenvalue weighted by Gasteiger charge is 2.74. The molecule has 0 bridgehead atoms. The van der Waals surface area contributed by atoms with Gasteiger partial charge in [0.25, 0.3) is 0 Å². The molecule has 4 N–H and O–H groups in total. The van der Waals surface area contributed by atoms with Crippen molar-refractivity contribution in [2.75, 3.05) is 0 Å². The Morgan fingerprint density at radius 2 is 2.33 bits per heavy atom. The fourth-order valence-electron chi connectivity index (χ4n) is 2.55. The van der Waals surface area contributed by atoms with E-state index in [1.165, 1.54) is 0 Å². The van der Waals surface area contributed by atoms with Crippen molar-refractivity contribution in [3.63, 3.8) is 0 Å². The third-order valence-corrected chi connectivity index (χ3v) is 3.71. The second-order valence-electron chi connectivity index (χ2n) is 5.33. The topological polar surface area (TPSA) is 100 Å². The number of thiocarbonyl (C=S) groups is 1. The van der Waals surface area contributed by atoms with Gasteiger partial charge in [0.05, 0.1) is 11.3 Å². The number of hydrogen-bond donors (Lipinski definition) is 3. The van der Waals surface area contributed by atoms with Crippen molar-refractivity contribution in [1.82, 2.24) is 5.43 Å². The summed E-state index contributed by atoms with van der Waals surface area (Å²) in [6, 6.07) is 0. The van der Waals surface area contributed by atoms with Crippen LogP contribution in [-0.4, -0.2) is 39.0 Å². The molecule has 1 heterocycles. The Morgan fingerprint density at radius 3 is 2.72 bits per heavy atom. The molecule has 0 spiro atoms. The smallest absolute Gasteiger partial charge is 0.192 e. The average molecular weight is 271 g/mol. The van der Waals surface area contributed by atoms with Crippen molar-refractivity contribution >= 4 is 28.8 Å². The maximum Gasteiger partial charge on any atom is 0.192 e. The molecule has 0 radical (unpaired) electrons. The normalized spacial score (nSPS) is 35.3. The lowest BCUT2D eigenvalue weighted by Crippen LogP contribution is -2.35. The number of ketones is 1. The van der Waals surface area contributed by atoms with Gasteiger partial charge in [0, 0.05) is 12.3 Å². The number of fused-ring (bicyclic) bond motifs is 1. The van der Waals surface area contributed by atoms with Crippen LogP contribution in [0.25, 0.3) is 0 Å². The van der Waals surface area contributed by atoms with Crippen LogP contribution >= 0.6 is 12.2 Å². The second-order valence-corrected chi connectivity index (χ2v) is 5.77. The van der Waals surface area contributed by atoms with Crippen LogP contribution in [0.3, 0.4) is 0 Å². The molecule has 0 amide bonds. The summed E-state index contributed by atoms with van der Waals surface area (Å²) in [5.74, 6) is -0.259. The van der Waals surface area contributed by atoms with Gasteiger partial charge in [-0.15, -0.1) is 0 Å². The zero-order valence-electron chi connectivity index (χ0n) is 10.6. The zero-order chi connectivity index (χ0) is 13.7. The first-order valence-electron chi connectivity index (χ1n) is 5.73. The number of rotatable bonds is 3. The minimum absolute atomic E-state index is 0.0347. The number of nitrogens with one attached hydrogen (secondary N) is 1. The number of nitrogens with two attached hydrogens (primary N) is 1. The van der Waals surface area contributed by atoms with Crippen molar-refractivity contribution in [3.8, 4) is 0 Å². The molecule has 100 valence electrons. The molecular weight excluding hydrogens is 254 g/mol. The van der Waals surface area contributed by atoms with Crippen LogP contribution in [0.5, 0.6) is 0 Å². The first kappa shape index (κ1) is 13.4. The van der Waals surface area contributed by atoms with Gasteiger partial charge in [-0.3, -0.25) is 10.2 Å². The number of aliphatic hydroxyl groups is 1. The van der Waals surface area contributed by atoms with E-state index in [9.17, 15) is 9.90 Å². The van der Waals surface area contributed by atoms with Gasteiger partial charge in [0.1, 0.15) is 6.10 Å². The van der Waals surface area contributed by atoms with Crippen LogP contribution in [0.2, 0.25) is 0 Å². The SMILES string of the molecule is C/C(=N/NC(N)=S)C12OC1C(C(C)(C)O)CC2=O. The summed E-state index contributed by atoms with van der Waals surface area (Å²) >= 11 is 4.64. The Morgan fingerprint density at radius 1 is 1.72 bits per heavy atom. The molecule has 1 saturated heterocycles. The van der Waals surface area contributed by atoms with Crippen molar-refractivity contribution in [3.05, 3.63) is 0 Å². The number of hydrazone groups is 1. The summed E-state index contributed by atoms with van der Waals surface area (Å²) in [4.78, 5) is 12.1. The Kier molecular flexibility index (Phi) is 2.95. The van der Waals surface area contributed by atoms with E-state index in [-0.39, 0.29) is 22.9 Å². The largest absolute Gasteiger partial charge is 0.390 e. The Balaban J connectivity index is 2.19. The molecule has 1 aliphatic heterocycles. The molecule has 0 aromatic heterocycles. The van der Waals surface area contributed by atoms with Crippen LogP contribution in [0, 0.1) is 5.92 Å². The van der Waals surface area contributed by atoms with E-state index >= 15 is 0 Å². The quantitative estimate of drug-likeness (QED) is 0.282. The summed E-state index contributed by atoms with van der Waals surface area (Å²) in [6.45, 7) is 5.06. The number of ether oxygens (including phenoxy) is 1. The molecule has 2 aliphatic rings. The van der Waals surface area contributed by atoms with Gasteiger partial charge in [-0.2, -0.15) is 5.10 Å². The third kappa shape index (κ3) is 1.92. The van der Waals surface area contributed by atoms with Crippen LogP contribution < -0.4 is 11.2 Å². The van der Waals surface area contributed by atoms with E-state index in [2.05, 4.69) is 22.7 Å². The number of epoxide rings is 1. The summed E-state index contributed by atoms with van der Waals surface area (Å²) < 4.78 is 5.52. The van der Waals surface area contributed by atoms with Gasteiger partial charge < -0.3 is 15.6 Å². The van der Waals surface area contributed by atoms with E-state index in [4.69, 9.17) is 10.5 Å². The fourth-order valence-corrected chi connectivity index (χ4v) is 2.60. The highest BCUT2D eigenvalue weighted by Crippen LogP contribution is 2.54. The Bertz CT molecular complexity index is 443. The second kappa shape index (κ2) is 3.97. The Labute approximate surface area is 111 Å². The number of nitrogens with zero attached hydrogens (tertiary/aromatic N) is 1. The van der Waals surface area contributed by atoms with E-state index in [0.717, 1.165) is 0 Å². The highest BCUT2D eigenvalue weighted by atomic mass is 32.1. The maximum atomic E-state index is 12.1. The fraction of sp³-hybridized carbons (Fsp3) is 0.727. The van der Waals surface area contributed by atoms with E-state index in [0.29, 0.717) is 12.1 Å². The van der Waals surface area contributed by atoms with E-state index in [1.54, 1.807) is 20.8 Å². The molecule has 6 nitrogen and oxygen atoms in total. The molecule has 0 aromatic carbocycles. The monoisotopic (exact) mass is 271 g/mol. The van der Waals surface area contributed by atoms with Crippen molar-refractivity contribution in [2.45, 2.75) is 44.5 Å². The number of hydrogen-bond acceptors (Lipinski definition) is 5. The van der Waals surface area contributed by atoms with E-state index in [1.807, 2.05) is 0 Å². The van der Waals surface area contributed by atoms with Gasteiger partial charge in [0.15, 0.2) is 16.5 Å². The standard InChI is InChI=1S/C11H17N3O3S/c1-5(13-14-9(12)18)11-7(15)4-6(8(11)17-11)10(2,3)16/h6,8,16H,4H2,1-3H3,(H3,12,14,18)/b13-5-. The molecular formula is C11H17N3O3S. The lowest BCUT2D eigenvalue weighted by Gasteiger charge is -2.24. The van der Waals surface area contributed by atoms with Gasteiger partial charge >= 0.3 is 0 Å². The maximum absolute atomic E-state index is 12.1. The number of carbonyl (C=O) groups is 1. The summed E-state index contributed by atoms with van der Waals surface area (Å²) in [5, 5.41) is 14.0. The van der Waals surface area contributed by atoms with Crippen molar-refractivity contribution in [1.29, 1.82) is 0 Å². The molecule has 18 heavy (non-hydrogen) atoms. The van der Waals surface area contributed by atoms with Gasteiger partial charge in [-0.05, 0) is 33.0 Å². The summed E-state index contributed by atoms with van der Waals surface area (Å²) in [5.41, 5.74) is 6.29. The first-order chi connectivity index (χ1) is 8.19. The summed E-state index contributed by atoms with van der Waals surface area (Å²) in [7, 11) is 0. The lowest BCUT2D eigenvalue weighted by molar-refractivity contribution is -0.124.